The zero-order valence-electron chi connectivity index (χ0n) is 13.1. The van der Waals surface area contributed by atoms with Crippen molar-refractivity contribution in [1.29, 1.82) is 0 Å². The van der Waals surface area contributed by atoms with Crippen LogP contribution in [0.5, 0.6) is 5.75 Å². The lowest BCUT2D eigenvalue weighted by atomic mass is 10.1. The van der Waals surface area contributed by atoms with Gasteiger partial charge in [0, 0.05) is 0 Å². The molecule has 0 amide bonds. The zero-order chi connectivity index (χ0) is 18.5. The van der Waals surface area contributed by atoms with Gasteiger partial charge in [-0.15, -0.1) is 0 Å². The van der Waals surface area contributed by atoms with Gasteiger partial charge >= 0.3 is 6.18 Å². The fraction of sp³-hybridized carbons (Fsp3) is 0.188. The number of ether oxygens (including phenoxy) is 1. The van der Waals surface area contributed by atoms with Crippen LogP contribution >= 0.6 is 0 Å². The van der Waals surface area contributed by atoms with Crippen LogP contribution in [0.3, 0.4) is 0 Å². The van der Waals surface area contributed by atoms with E-state index in [4.69, 9.17) is 4.74 Å². The predicted octanol–water partition coefficient (Wildman–Crippen LogP) is 3.42. The van der Waals surface area contributed by atoms with Crippen molar-refractivity contribution in [3.05, 3.63) is 59.7 Å². The Balaban J connectivity index is 2.04. The van der Waals surface area contributed by atoms with Crippen LogP contribution in [0, 0.1) is 0 Å². The van der Waals surface area contributed by atoms with E-state index in [9.17, 15) is 21.6 Å². The van der Waals surface area contributed by atoms with E-state index in [1.165, 1.54) is 36.4 Å². The highest BCUT2D eigenvalue weighted by atomic mass is 32.2. The van der Waals surface area contributed by atoms with E-state index >= 15 is 0 Å². The highest BCUT2D eigenvalue weighted by Gasteiger charge is 2.29. The van der Waals surface area contributed by atoms with Crippen LogP contribution in [0.2, 0.25) is 0 Å². The minimum Gasteiger partial charge on any atom is -0.494 e. The molecule has 0 aliphatic heterocycles. The Morgan fingerprint density at radius 1 is 1.08 bits per heavy atom. The molecule has 1 N–H and O–H groups in total. The Labute approximate surface area is 143 Å². The molecule has 0 saturated carbocycles. The van der Waals surface area contributed by atoms with Crippen molar-refractivity contribution >= 4 is 16.2 Å². The van der Waals surface area contributed by atoms with Gasteiger partial charge in [-0.05, 0) is 48.9 Å². The third-order valence-electron chi connectivity index (χ3n) is 3.07. The molecule has 0 fully saturated rings. The molecule has 0 atom stereocenters. The predicted molar refractivity (Wildman–Crippen MR) is 87.0 cm³/mol. The SMILES string of the molecule is CCOc1ccc(S(=O)(=O)N/N=C/c2ccc(C(F)(F)F)cc2)cc1. The Hall–Kier alpha value is -2.55. The highest BCUT2D eigenvalue weighted by molar-refractivity contribution is 7.89. The van der Waals surface area contributed by atoms with Crippen molar-refractivity contribution < 1.29 is 26.3 Å². The van der Waals surface area contributed by atoms with Gasteiger partial charge in [-0.2, -0.15) is 26.7 Å². The number of benzene rings is 2. The average molecular weight is 372 g/mol. The molecule has 0 spiro atoms. The van der Waals surface area contributed by atoms with Gasteiger partial charge in [-0.25, -0.2) is 4.83 Å². The Morgan fingerprint density at radius 2 is 1.68 bits per heavy atom. The molecule has 2 aromatic carbocycles. The lowest BCUT2D eigenvalue weighted by Crippen LogP contribution is -2.18. The van der Waals surface area contributed by atoms with Crippen LogP contribution < -0.4 is 9.57 Å². The molecule has 0 aliphatic rings. The Morgan fingerprint density at radius 3 is 2.20 bits per heavy atom. The average Bonchev–Trinajstić information content (AvgIpc) is 2.55. The molecule has 0 unspecified atom stereocenters. The standard InChI is InChI=1S/C16H15F3N2O3S/c1-2-24-14-7-9-15(10-8-14)25(22,23)21-20-11-12-3-5-13(6-4-12)16(17,18)19/h3-11,21H,2H2,1H3/b20-11+. The van der Waals surface area contributed by atoms with Gasteiger partial charge < -0.3 is 4.74 Å². The second-order valence-electron chi connectivity index (χ2n) is 4.88. The van der Waals surface area contributed by atoms with Gasteiger partial charge in [0.15, 0.2) is 0 Å². The summed E-state index contributed by atoms with van der Waals surface area (Å²) in [7, 11) is -3.88. The van der Waals surface area contributed by atoms with Gasteiger partial charge in [0.25, 0.3) is 10.0 Å². The summed E-state index contributed by atoms with van der Waals surface area (Å²) in [5, 5.41) is 3.56. The molecule has 2 aromatic rings. The third kappa shape index (κ3) is 5.21. The third-order valence-corrected chi connectivity index (χ3v) is 4.31. The Kier molecular flexibility index (Phi) is 5.68. The second-order valence-corrected chi connectivity index (χ2v) is 6.54. The number of sulfonamides is 1. The molecule has 5 nitrogen and oxygen atoms in total. The smallest absolute Gasteiger partial charge is 0.416 e. The van der Waals surface area contributed by atoms with E-state index < -0.39 is 21.8 Å². The summed E-state index contributed by atoms with van der Waals surface area (Å²) >= 11 is 0. The maximum absolute atomic E-state index is 12.5. The highest BCUT2D eigenvalue weighted by Crippen LogP contribution is 2.28. The summed E-state index contributed by atoms with van der Waals surface area (Å²) in [4.78, 5) is 1.99. The number of nitrogens with one attached hydrogen (secondary N) is 1. The molecule has 25 heavy (non-hydrogen) atoms. The number of halogens is 3. The lowest BCUT2D eigenvalue weighted by molar-refractivity contribution is -0.137. The molecule has 0 aromatic heterocycles. The van der Waals surface area contributed by atoms with Crippen molar-refractivity contribution in [2.75, 3.05) is 6.61 Å². The van der Waals surface area contributed by atoms with Crippen LogP contribution in [-0.4, -0.2) is 21.2 Å². The summed E-state index contributed by atoms with van der Waals surface area (Å²) in [6.07, 6.45) is -3.31. The van der Waals surface area contributed by atoms with E-state index in [-0.39, 0.29) is 4.90 Å². The second kappa shape index (κ2) is 7.56. The number of hydrogen-bond donors (Lipinski definition) is 1. The quantitative estimate of drug-likeness (QED) is 0.624. The fourth-order valence-electron chi connectivity index (χ4n) is 1.86. The molecule has 134 valence electrons. The number of rotatable bonds is 6. The summed E-state index contributed by atoms with van der Waals surface area (Å²) in [5.74, 6) is 0.537. The van der Waals surface area contributed by atoms with Gasteiger partial charge in [0.1, 0.15) is 5.75 Å². The molecule has 9 heteroatoms. The molecule has 0 saturated heterocycles. The van der Waals surface area contributed by atoms with Crippen molar-refractivity contribution in [3.8, 4) is 5.75 Å². The van der Waals surface area contributed by atoms with E-state index in [2.05, 4.69) is 5.10 Å². The Bertz CT molecular complexity index is 830. The van der Waals surface area contributed by atoms with Crippen LogP contribution in [0.1, 0.15) is 18.1 Å². The van der Waals surface area contributed by atoms with Crippen molar-refractivity contribution in [2.24, 2.45) is 5.10 Å². The first kappa shape index (κ1) is 18.8. The zero-order valence-corrected chi connectivity index (χ0v) is 13.9. The van der Waals surface area contributed by atoms with Crippen molar-refractivity contribution in [1.82, 2.24) is 4.83 Å². The van der Waals surface area contributed by atoms with Crippen LogP contribution in [0.15, 0.2) is 58.5 Å². The molecule has 0 aliphatic carbocycles. The summed E-state index contributed by atoms with van der Waals surface area (Å²) < 4.78 is 66.7. The van der Waals surface area contributed by atoms with Crippen molar-refractivity contribution in [3.63, 3.8) is 0 Å². The first-order valence-corrected chi connectivity index (χ1v) is 8.65. The van der Waals surface area contributed by atoms with Crippen molar-refractivity contribution in [2.45, 2.75) is 18.0 Å². The molecule has 0 radical (unpaired) electrons. The molecule has 0 heterocycles. The molecular weight excluding hydrogens is 357 g/mol. The van der Waals surface area contributed by atoms with Gasteiger partial charge in [0.05, 0.1) is 23.3 Å². The molecule has 0 bridgehead atoms. The maximum atomic E-state index is 12.5. The van der Waals surface area contributed by atoms with E-state index in [0.29, 0.717) is 17.9 Å². The number of hydrogen-bond acceptors (Lipinski definition) is 4. The molecule has 2 rings (SSSR count). The summed E-state index contributed by atoms with van der Waals surface area (Å²) in [5.41, 5.74) is -0.470. The van der Waals surface area contributed by atoms with E-state index in [1.54, 1.807) is 0 Å². The van der Waals surface area contributed by atoms with E-state index in [1.807, 2.05) is 11.8 Å². The number of hydrazone groups is 1. The monoisotopic (exact) mass is 372 g/mol. The first-order chi connectivity index (χ1) is 11.7. The van der Waals surface area contributed by atoms with Gasteiger partial charge in [0.2, 0.25) is 0 Å². The van der Waals surface area contributed by atoms with Crippen LogP contribution in [0.25, 0.3) is 0 Å². The van der Waals surface area contributed by atoms with Crippen LogP contribution in [0.4, 0.5) is 13.2 Å². The fourth-order valence-corrected chi connectivity index (χ4v) is 2.65. The summed E-state index contributed by atoms with van der Waals surface area (Å²) in [6, 6.07) is 9.91. The van der Waals surface area contributed by atoms with E-state index in [0.717, 1.165) is 18.3 Å². The van der Waals surface area contributed by atoms with Crippen LogP contribution in [-0.2, 0) is 16.2 Å². The molecular formula is C16H15F3N2O3S. The minimum absolute atomic E-state index is 0.0134. The number of alkyl halides is 3. The largest absolute Gasteiger partial charge is 0.494 e. The summed E-state index contributed by atoms with van der Waals surface area (Å²) in [6.45, 7) is 2.27. The van der Waals surface area contributed by atoms with Gasteiger partial charge in [-0.1, -0.05) is 12.1 Å². The maximum Gasteiger partial charge on any atom is 0.416 e. The lowest BCUT2D eigenvalue weighted by Gasteiger charge is -2.06. The normalized spacial score (nSPS) is 12.3. The number of nitrogens with zero attached hydrogens (tertiary/aromatic N) is 1. The van der Waals surface area contributed by atoms with Gasteiger partial charge in [-0.3, -0.25) is 0 Å². The first-order valence-electron chi connectivity index (χ1n) is 7.17. The minimum atomic E-state index is -4.43. The topological polar surface area (TPSA) is 67.8 Å².